The normalized spacial score (nSPS) is 11.8. The molecule has 0 N–H and O–H groups in total. The van der Waals surface area contributed by atoms with E-state index in [4.69, 9.17) is 0 Å². The molecule has 4 aromatic rings. The maximum absolute atomic E-state index is 13.0. The molecule has 0 atom stereocenters. The summed E-state index contributed by atoms with van der Waals surface area (Å²) < 4.78 is 66.8. The Labute approximate surface area is 183 Å². The summed E-state index contributed by atoms with van der Waals surface area (Å²) in [5.41, 5.74) is -1.49. The van der Waals surface area contributed by atoms with Crippen LogP contribution < -0.4 is 4.18 Å². The van der Waals surface area contributed by atoms with Crippen LogP contribution in [0, 0.1) is 0 Å². The Morgan fingerprint density at radius 2 is 1.06 bits per heavy atom. The first kappa shape index (κ1) is 21.6. The van der Waals surface area contributed by atoms with Crippen molar-refractivity contribution in [3.05, 3.63) is 103 Å². The highest BCUT2D eigenvalue weighted by Gasteiger charge is 2.48. The third kappa shape index (κ3) is 4.53. The summed E-state index contributed by atoms with van der Waals surface area (Å²) in [7, 11) is -5.82. The molecular formula is C25H17F3O3S. The summed E-state index contributed by atoms with van der Waals surface area (Å²) in [6.45, 7) is 0. The molecule has 0 fully saturated rings. The van der Waals surface area contributed by atoms with Crippen LogP contribution in [0.15, 0.2) is 103 Å². The van der Waals surface area contributed by atoms with E-state index >= 15 is 0 Å². The molecule has 0 unspecified atom stereocenters. The van der Waals surface area contributed by atoms with Gasteiger partial charge in [-0.25, -0.2) is 0 Å². The largest absolute Gasteiger partial charge is 0.534 e. The molecule has 162 valence electrons. The van der Waals surface area contributed by atoms with Gasteiger partial charge in [-0.2, -0.15) is 21.6 Å². The van der Waals surface area contributed by atoms with E-state index in [0.29, 0.717) is 11.1 Å². The van der Waals surface area contributed by atoms with Gasteiger partial charge in [0, 0.05) is 5.56 Å². The zero-order chi connectivity index (χ0) is 22.8. The summed E-state index contributed by atoms with van der Waals surface area (Å²) in [5.74, 6) is -0.396. The molecule has 3 nitrogen and oxygen atoms in total. The molecule has 0 amide bonds. The molecule has 7 heteroatoms. The number of hydrogen-bond acceptors (Lipinski definition) is 3. The van der Waals surface area contributed by atoms with Crippen molar-refractivity contribution in [2.75, 3.05) is 0 Å². The SMILES string of the molecule is O=S(=O)(Oc1ccc(-c2ccccc2)cc1-c1cccc(-c2ccccc2)c1)C(F)(F)F. The highest BCUT2D eigenvalue weighted by Crippen LogP contribution is 2.38. The van der Waals surface area contributed by atoms with Gasteiger partial charge in [-0.1, -0.05) is 84.9 Å². The van der Waals surface area contributed by atoms with Crippen LogP contribution >= 0.6 is 0 Å². The third-order valence-corrected chi connectivity index (χ3v) is 5.82. The number of alkyl halides is 3. The van der Waals surface area contributed by atoms with Crippen LogP contribution in [0.3, 0.4) is 0 Å². The first-order valence-electron chi connectivity index (χ1n) is 9.61. The van der Waals surface area contributed by atoms with Crippen molar-refractivity contribution >= 4 is 10.1 Å². The minimum Gasteiger partial charge on any atom is -0.375 e. The fourth-order valence-electron chi connectivity index (χ4n) is 3.30. The molecule has 0 heterocycles. The van der Waals surface area contributed by atoms with Crippen molar-refractivity contribution in [3.63, 3.8) is 0 Å². The number of benzene rings is 4. The van der Waals surface area contributed by atoms with Gasteiger partial charge in [0.15, 0.2) is 5.75 Å². The smallest absolute Gasteiger partial charge is 0.375 e. The minimum absolute atomic E-state index is 0.233. The fraction of sp³-hybridized carbons (Fsp3) is 0.0400. The molecule has 0 saturated carbocycles. The molecular weight excluding hydrogens is 437 g/mol. The molecule has 0 spiro atoms. The van der Waals surface area contributed by atoms with Crippen molar-refractivity contribution in [1.82, 2.24) is 0 Å². The maximum Gasteiger partial charge on any atom is 0.534 e. The Balaban J connectivity index is 1.87. The summed E-state index contributed by atoms with van der Waals surface area (Å²) in [4.78, 5) is 0. The van der Waals surface area contributed by atoms with Crippen LogP contribution in [0.5, 0.6) is 5.75 Å². The lowest BCUT2D eigenvalue weighted by Gasteiger charge is -2.15. The average Bonchev–Trinajstić information content (AvgIpc) is 2.80. The van der Waals surface area contributed by atoms with E-state index in [2.05, 4.69) is 4.18 Å². The number of halogens is 3. The lowest BCUT2D eigenvalue weighted by molar-refractivity contribution is -0.0499. The van der Waals surface area contributed by atoms with Gasteiger partial charge in [-0.05, 0) is 46.0 Å². The van der Waals surface area contributed by atoms with Gasteiger partial charge >= 0.3 is 15.6 Å². The van der Waals surface area contributed by atoms with Crippen LogP contribution in [0.2, 0.25) is 0 Å². The molecule has 0 aliphatic heterocycles. The highest BCUT2D eigenvalue weighted by molar-refractivity contribution is 7.88. The van der Waals surface area contributed by atoms with Gasteiger partial charge in [0.25, 0.3) is 0 Å². The van der Waals surface area contributed by atoms with Crippen molar-refractivity contribution < 1.29 is 25.8 Å². The fourth-order valence-corrected chi connectivity index (χ4v) is 3.78. The van der Waals surface area contributed by atoms with E-state index < -0.39 is 21.4 Å². The van der Waals surface area contributed by atoms with Crippen LogP contribution in [0.4, 0.5) is 13.2 Å². The second-order valence-electron chi connectivity index (χ2n) is 7.01. The van der Waals surface area contributed by atoms with Crippen molar-refractivity contribution in [1.29, 1.82) is 0 Å². The second kappa shape index (κ2) is 8.51. The Kier molecular flexibility index (Phi) is 5.76. The van der Waals surface area contributed by atoms with Crippen molar-refractivity contribution in [2.24, 2.45) is 0 Å². The Bertz CT molecular complexity index is 1330. The summed E-state index contributed by atoms with van der Waals surface area (Å²) in [6.07, 6.45) is 0. The summed E-state index contributed by atoms with van der Waals surface area (Å²) >= 11 is 0. The zero-order valence-electron chi connectivity index (χ0n) is 16.6. The Morgan fingerprint density at radius 3 is 1.62 bits per heavy atom. The molecule has 0 aliphatic rings. The Morgan fingerprint density at radius 1 is 0.562 bits per heavy atom. The standard InChI is InChI=1S/C25H17F3O3S/c26-25(27,28)32(29,30)31-24-15-14-21(19-10-5-2-6-11-19)17-23(24)22-13-7-12-20(16-22)18-8-3-1-4-9-18/h1-17H. The van der Waals surface area contributed by atoms with Gasteiger partial charge < -0.3 is 4.18 Å². The lowest BCUT2D eigenvalue weighted by Crippen LogP contribution is -2.28. The molecule has 0 aromatic heterocycles. The van der Waals surface area contributed by atoms with Crippen LogP contribution in [-0.4, -0.2) is 13.9 Å². The molecule has 32 heavy (non-hydrogen) atoms. The van der Waals surface area contributed by atoms with Gasteiger partial charge in [-0.3, -0.25) is 0 Å². The van der Waals surface area contributed by atoms with Crippen LogP contribution in [-0.2, 0) is 10.1 Å². The number of rotatable bonds is 5. The van der Waals surface area contributed by atoms with Gasteiger partial charge in [0.2, 0.25) is 0 Å². The van der Waals surface area contributed by atoms with Crippen molar-refractivity contribution in [3.8, 4) is 39.1 Å². The van der Waals surface area contributed by atoms with Crippen LogP contribution in [0.1, 0.15) is 0 Å². The number of hydrogen-bond donors (Lipinski definition) is 0. The van der Waals surface area contributed by atoms with Crippen molar-refractivity contribution in [2.45, 2.75) is 5.51 Å². The van der Waals surface area contributed by atoms with E-state index in [-0.39, 0.29) is 5.56 Å². The van der Waals surface area contributed by atoms with E-state index in [1.807, 2.05) is 66.7 Å². The van der Waals surface area contributed by atoms with E-state index in [1.165, 1.54) is 12.1 Å². The topological polar surface area (TPSA) is 43.4 Å². The molecule has 4 aromatic carbocycles. The van der Waals surface area contributed by atoms with Gasteiger partial charge in [0.1, 0.15) is 0 Å². The summed E-state index contributed by atoms with van der Waals surface area (Å²) in [5, 5.41) is 0. The first-order valence-corrected chi connectivity index (χ1v) is 11.0. The molecule has 0 saturated heterocycles. The second-order valence-corrected chi connectivity index (χ2v) is 8.54. The Hall–Kier alpha value is -3.58. The quantitative estimate of drug-likeness (QED) is 0.243. The monoisotopic (exact) mass is 454 g/mol. The minimum atomic E-state index is -5.82. The lowest BCUT2D eigenvalue weighted by atomic mass is 9.95. The first-order chi connectivity index (χ1) is 15.2. The van der Waals surface area contributed by atoms with Crippen LogP contribution in [0.25, 0.3) is 33.4 Å². The molecule has 0 radical (unpaired) electrons. The van der Waals surface area contributed by atoms with E-state index in [9.17, 15) is 21.6 Å². The average molecular weight is 454 g/mol. The molecule has 0 aliphatic carbocycles. The molecule has 4 rings (SSSR count). The molecule has 0 bridgehead atoms. The zero-order valence-corrected chi connectivity index (χ0v) is 17.4. The van der Waals surface area contributed by atoms with Gasteiger partial charge in [0.05, 0.1) is 0 Å². The third-order valence-electron chi connectivity index (χ3n) is 4.85. The maximum atomic E-state index is 13.0. The highest BCUT2D eigenvalue weighted by atomic mass is 32.2. The van der Waals surface area contributed by atoms with Gasteiger partial charge in [-0.15, -0.1) is 0 Å². The predicted molar refractivity (Wildman–Crippen MR) is 118 cm³/mol. The summed E-state index contributed by atoms with van der Waals surface area (Å²) in [6, 6.07) is 30.2. The predicted octanol–water partition coefficient (Wildman–Crippen LogP) is 6.92. The van der Waals surface area contributed by atoms with E-state index in [1.54, 1.807) is 24.3 Å². The van der Waals surface area contributed by atoms with E-state index in [0.717, 1.165) is 16.7 Å².